The largest absolute Gasteiger partial charge is 0.318 e. The van der Waals surface area contributed by atoms with Gasteiger partial charge in [-0.05, 0) is 179 Å². The van der Waals surface area contributed by atoms with Crippen molar-refractivity contribution >= 4 is 11.4 Å². The average Bonchev–Trinajstić information content (AvgIpc) is 3.24. The summed E-state index contributed by atoms with van der Waals surface area (Å²) in [5.41, 5.74) is 23.7. The summed E-state index contributed by atoms with van der Waals surface area (Å²) in [6.07, 6.45) is 0.0470. The van der Waals surface area contributed by atoms with E-state index in [9.17, 15) is 0 Å². The highest BCUT2D eigenvalue weighted by atomic mass is 15.6. The lowest BCUT2D eigenvalue weighted by molar-refractivity contribution is -0.710. The summed E-state index contributed by atoms with van der Waals surface area (Å²) in [5, 5.41) is 0. The van der Waals surface area contributed by atoms with Gasteiger partial charge in [-0.3, -0.25) is 9.80 Å². The lowest BCUT2D eigenvalue weighted by Crippen LogP contribution is -2.52. The molecule has 0 atom stereocenters. The van der Waals surface area contributed by atoms with Crippen LogP contribution in [0.2, 0.25) is 0 Å². The average molecular weight is 539 g/mol. The van der Waals surface area contributed by atoms with Crippen LogP contribution in [0.15, 0.2) is 0 Å². The van der Waals surface area contributed by atoms with Crippen LogP contribution in [0.3, 0.4) is 0 Å². The molecule has 3 heteroatoms. The molecule has 0 radical (unpaired) electrons. The minimum Gasteiger partial charge on any atom is -0.280 e. The molecule has 3 nitrogen and oxygen atoms in total. The minimum absolute atomic E-state index is 0.0470. The molecule has 1 aromatic heterocycles. The van der Waals surface area contributed by atoms with Crippen molar-refractivity contribution in [3.8, 4) is 0 Å². The standard InChI is InChI=1S/C37H52N3/c1-18-20(3)25(8)31(26(9)21(18)4)39-35-38-33(36(39,14)15)29(12)24(7)30(13)34(38)37(16,17)40(35)32-27(10)22(5)19(2)23(6)28(32)11/h35H,1-17H3/q+1. The second kappa shape index (κ2) is 8.60. The van der Waals surface area contributed by atoms with Crippen molar-refractivity contribution in [2.75, 3.05) is 9.80 Å². The molecular weight excluding hydrogens is 486 g/mol. The maximum absolute atomic E-state index is 2.79. The van der Waals surface area contributed by atoms with Crippen molar-refractivity contribution in [2.24, 2.45) is 0 Å². The first-order valence-electron chi connectivity index (χ1n) is 15.1. The highest BCUT2D eigenvalue weighted by molar-refractivity contribution is 5.73. The number of hydrogen-bond donors (Lipinski definition) is 0. The number of aromatic nitrogens is 1. The van der Waals surface area contributed by atoms with Crippen molar-refractivity contribution < 1.29 is 4.57 Å². The van der Waals surface area contributed by atoms with Gasteiger partial charge in [0, 0.05) is 11.1 Å². The second-order valence-electron chi connectivity index (χ2n) is 14.1. The Hall–Kier alpha value is -2.81. The summed E-state index contributed by atoms with van der Waals surface area (Å²) in [4.78, 5) is 5.58. The molecule has 0 spiro atoms. The summed E-state index contributed by atoms with van der Waals surface area (Å²) in [5.74, 6) is 0. The maximum Gasteiger partial charge on any atom is 0.318 e. The molecule has 5 rings (SSSR count). The molecule has 2 aliphatic heterocycles. The van der Waals surface area contributed by atoms with Crippen molar-refractivity contribution in [1.29, 1.82) is 0 Å². The van der Waals surface area contributed by atoms with E-state index in [1.807, 2.05) is 0 Å². The van der Waals surface area contributed by atoms with Crippen LogP contribution in [0.1, 0.15) is 118 Å². The Labute approximate surface area is 244 Å². The zero-order valence-corrected chi connectivity index (χ0v) is 28.4. The summed E-state index contributed by atoms with van der Waals surface area (Å²) in [6.45, 7) is 40.1. The molecule has 0 fully saturated rings. The molecule has 0 unspecified atom stereocenters. The zero-order chi connectivity index (χ0) is 30.1. The summed E-state index contributed by atoms with van der Waals surface area (Å²) < 4.78 is 2.74. The van der Waals surface area contributed by atoms with Crippen LogP contribution in [-0.2, 0) is 11.1 Å². The van der Waals surface area contributed by atoms with Crippen LogP contribution in [0.25, 0.3) is 0 Å². The van der Waals surface area contributed by atoms with Gasteiger partial charge in [-0.1, -0.05) is 0 Å². The fraction of sp³-hybridized carbons (Fsp3) is 0.541. The Morgan fingerprint density at radius 1 is 0.375 bits per heavy atom. The SMILES string of the molecule is Cc1c(C)c(C)c(N2C3N(c4c(C)c(C)c(C)c(C)c4C)C(C)(C)c4c(C)c(C)c(C)c([n+]43)C2(C)C)c(C)c1C. The van der Waals surface area contributed by atoms with Gasteiger partial charge < -0.3 is 0 Å². The molecule has 3 aromatic rings. The second-order valence-corrected chi connectivity index (χ2v) is 14.1. The third-order valence-corrected chi connectivity index (χ3v) is 11.8. The van der Waals surface area contributed by atoms with Gasteiger partial charge in [0.1, 0.15) is 11.1 Å². The number of anilines is 2. The number of rotatable bonds is 2. The molecule has 0 saturated heterocycles. The predicted octanol–water partition coefficient (Wildman–Crippen LogP) is 8.95. The number of nitrogens with zero attached hydrogens (tertiary/aromatic N) is 3. The van der Waals surface area contributed by atoms with Gasteiger partial charge in [-0.15, -0.1) is 0 Å². The van der Waals surface area contributed by atoms with Crippen LogP contribution < -0.4 is 14.4 Å². The Morgan fingerprint density at radius 3 is 0.875 bits per heavy atom. The Kier molecular flexibility index (Phi) is 6.17. The number of pyridine rings is 1. The number of benzene rings is 2. The molecule has 2 aliphatic rings. The van der Waals surface area contributed by atoms with E-state index in [4.69, 9.17) is 0 Å². The smallest absolute Gasteiger partial charge is 0.280 e. The summed E-state index contributed by atoms with van der Waals surface area (Å²) >= 11 is 0. The normalized spacial score (nSPS) is 17.3. The van der Waals surface area contributed by atoms with Gasteiger partial charge in [-0.2, -0.15) is 4.57 Å². The summed E-state index contributed by atoms with van der Waals surface area (Å²) in [7, 11) is 0. The predicted molar refractivity (Wildman–Crippen MR) is 171 cm³/mol. The van der Waals surface area contributed by atoms with Gasteiger partial charge in [0.25, 0.3) is 0 Å². The lowest BCUT2D eigenvalue weighted by atomic mass is 9.84. The van der Waals surface area contributed by atoms with Gasteiger partial charge in [0.2, 0.25) is 11.4 Å². The Balaban J connectivity index is 2.00. The first-order valence-corrected chi connectivity index (χ1v) is 15.1. The fourth-order valence-electron chi connectivity index (χ4n) is 8.47. The first kappa shape index (κ1) is 28.7. The molecule has 214 valence electrons. The molecule has 0 bridgehead atoms. The zero-order valence-electron chi connectivity index (χ0n) is 28.4. The molecule has 0 amide bonds. The lowest BCUT2D eigenvalue weighted by Gasteiger charge is -2.43. The van der Waals surface area contributed by atoms with Crippen molar-refractivity contribution in [1.82, 2.24) is 0 Å². The Morgan fingerprint density at radius 2 is 0.600 bits per heavy atom. The molecule has 0 aliphatic carbocycles. The summed E-state index contributed by atoms with van der Waals surface area (Å²) in [6, 6.07) is 0. The third kappa shape index (κ3) is 3.21. The van der Waals surface area contributed by atoms with Crippen LogP contribution >= 0.6 is 0 Å². The Bertz CT molecular complexity index is 1460. The van der Waals surface area contributed by atoms with Crippen molar-refractivity contribution in [3.05, 3.63) is 83.7 Å². The quantitative estimate of drug-likeness (QED) is 0.301. The number of hydrogen-bond acceptors (Lipinski definition) is 2. The molecule has 2 aromatic carbocycles. The van der Waals surface area contributed by atoms with Gasteiger partial charge >= 0.3 is 6.29 Å². The fourth-order valence-corrected chi connectivity index (χ4v) is 8.47. The van der Waals surface area contributed by atoms with E-state index in [1.54, 1.807) is 0 Å². The van der Waals surface area contributed by atoms with E-state index in [2.05, 4.69) is 132 Å². The molecule has 0 saturated carbocycles. The van der Waals surface area contributed by atoms with E-state index >= 15 is 0 Å². The highest BCUT2D eigenvalue weighted by Crippen LogP contribution is 2.56. The van der Waals surface area contributed by atoms with Gasteiger partial charge in [0.15, 0.2) is 0 Å². The van der Waals surface area contributed by atoms with E-state index in [1.165, 1.54) is 95.1 Å². The first-order chi connectivity index (χ1) is 18.3. The van der Waals surface area contributed by atoms with Crippen LogP contribution in [-0.4, -0.2) is 0 Å². The van der Waals surface area contributed by atoms with E-state index in [0.29, 0.717) is 0 Å². The maximum atomic E-state index is 2.79. The van der Waals surface area contributed by atoms with Crippen LogP contribution in [0.4, 0.5) is 11.4 Å². The van der Waals surface area contributed by atoms with E-state index < -0.39 is 0 Å². The molecule has 3 heterocycles. The van der Waals surface area contributed by atoms with Crippen molar-refractivity contribution in [2.45, 2.75) is 135 Å². The van der Waals surface area contributed by atoms with Crippen LogP contribution in [0, 0.1) is 90.0 Å². The van der Waals surface area contributed by atoms with Gasteiger partial charge in [0.05, 0.1) is 11.4 Å². The topological polar surface area (TPSA) is 10.4 Å². The minimum atomic E-state index is -0.197. The van der Waals surface area contributed by atoms with E-state index in [-0.39, 0.29) is 17.4 Å². The molecule has 40 heavy (non-hydrogen) atoms. The highest BCUT2D eigenvalue weighted by Gasteiger charge is 2.66. The molecule has 0 N–H and O–H groups in total. The van der Waals surface area contributed by atoms with Crippen molar-refractivity contribution in [3.63, 3.8) is 0 Å². The monoisotopic (exact) mass is 538 g/mol. The van der Waals surface area contributed by atoms with Crippen LogP contribution in [0.5, 0.6) is 0 Å². The molecular formula is C37H52N3+. The van der Waals surface area contributed by atoms with E-state index in [0.717, 1.165) is 0 Å². The van der Waals surface area contributed by atoms with Gasteiger partial charge in [-0.25, -0.2) is 0 Å². The third-order valence-electron chi connectivity index (χ3n) is 11.8.